The van der Waals surface area contributed by atoms with Crippen LogP contribution in [0.25, 0.3) is 0 Å². The molecule has 0 aromatic heterocycles. The summed E-state index contributed by atoms with van der Waals surface area (Å²) in [7, 11) is 3.48. The van der Waals surface area contributed by atoms with E-state index in [1.165, 1.54) is 0 Å². The van der Waals surface area contributed by atoms with E-state index in [1.54, 1.807) is 14.2 Å². The SMILES string of the molecule is COc1cc2c(cc1CN1CC[C@@H](OC)C1)OCCCO2. The number of hydrogen-bond donors (Lipinski definition) is 0. The number of benzene rings is 1. The molecule has 21 heavy (non-hydrogen) atoms. The molecular weight excluding hydrogens is 270 g/mol. The van der Waals surface area contributed by atoms with Gasteiger partial charge in [0.1, 0.15) is 5.75 Å². The summed E-state index contributed by atoms with van der Waals surface area (Å²) in [6.45, 7) is 4.26. The molecule has 0 N–H and O–H groups in total. The lowest BCUT2D eigenvalue weighted by Gasteiger charge is -2.19. The molecule has 0 radical (unpaired) electrons. The van der Waals surface area contributed by atoms with Crippen molar-refractivity contribution < 1.29 is 18.9 Å². The van der Waals surface area contributed by atoms with Crippen molar-refractivity contribution >= 4 is 0 Å². The predicted octanol–water partition coefficient (Wildman–Crippen LogP) is 2.08. The first-order chi connectivity index (χ1) is 10.3. The van der Waals surface area contributed by atoms with Gasteiger partial charge in [-0.1, -0.05) is 0 Å². The molecule has 5 nitrogen and oxygen atoms in total. The van der Waals surface area contributed by atoms with E-state index in [4.69, 9.17) is 18.9 Å². The average molecular weight is 293 g/mol. The molecule has 0 bridgehead atoms. The highest BCUT2D eigenvalue weighted by Crippen LogP contribution is 2.37. The predicted molar refractivity (Wildman–Crippen MR) is 79.3 cm³/mol. The topological polar surface area (TPSA) is 40.2 Å². The summed E-state index contributed by atoms with van der Waals surface area (Å²) in [4.78, 5) is 2.38. The monoisotopic (exact) mass is 293 g/mol. The maximum atomic E-state index is 5.77. The van der Waals surface area contributed by atoms with Gasteiger partial charge >= 0.3 is 0 Å². The van der Waals surface area contributed by atoms with Crippen LogP contribution in [0.1, 0.15) is 18.4 Å². The average Bonchev–Trinajstić information content (AvgIpc) is 2.83. The van der Waals surface area contributed by atoms with Crippen molar-refractivity contribution in [1.82, 2.24) is 4.90 Å². The summed E-state index contributed by atoms with van der Waals surface area (Å²) in [5, 5.41) is 0. The molecule has 3 rings (SSSR count). The minimum Gasteiger partial charge on any atom is -0.496 e. The first-order valence-corrected chi connectivity index (χ1v) is 7.52. The Morgan fingerprint density at radius 3 is 2.62 bits per heavy atom. The largest absolute Gasteiger partial charge is 0.496 e. The van der Waals surface area contributed by atoms with E-state index in [0.717, 1.165) is 55.3 Å². The third kappa shape index (κ3) is 3.24. The summed E-state index contributed by atoms with van der Waals surface area (Å²) in [6, 6.07) is 4.00. The van der Waals surface area contributed by atoms with Crippen LogP contribution in [0.5, 0.6) is 17.2 Å². The number of nitrogens with zero attached hydrogens (tertiary/aromatic N) is 1. The van der Waals surface area contributed by atoms with Crippen molar-refractivity contribution in [1.29, 1.82) is 0 Å². The Labute approximate surface area is 125 Å². The van der Waals surface area contributed by atoms with Crippen LogP contribution in [0.4, 0.5) is 0 Å². The van der Waals surface area contributed by atoms with Crippen molar-refractivity contribution in [2.45, 2.75) is 25.5 Å². The van der Waals surface area contributed by atoms with Crippen molar-refractivity contribution in [3.05, 3.63) is 17.7 Å². The fourth-order valence-corrected chi connectivity index (χ4v) is 2.92. The van der Waals surface area contributed by atoms with Crippen LogP contribution in [-0.2, 0) is 11.3 Å². The highest BCUT2D eigenvalue weighted by molar-refractivity contribution is 5.51. The number of methoxy groups -OCH3 is 2. The fourth-order valence-electron chi connectivity index (χ4n) is 2.92. The minimum absolute atomic E-state index is 0.344. The van der Waals surface area contributed by atoms with E-state index in [1.807, 2.05) is 6.07 Å². The Balaban J connectivity index is 1.79. The Bertz CT molecular complexity index is 491. The van der Waals surface area contributed by atoms with Crippen LogP contribution in [0.3, 0.4) is 0 Å². The third-order valence-corrected chi connectivity index (χ3v) is 4.11. The second-order valence-electron chi connectivity index (χ2n) is 5.54. The molecule has 0 aliphatic carbocycles. The normalized spacial score (nSPS) is 22.1. The standard InChI is InChI=1S/C16H23NO4/c1-18-13-4-5-17(11-13)10-12-8-15-16(9-14(12)19-2)21-7-3-6-20-15/h8-9,13H,3-7,10-11H2,1-2H3/t13-/m1/s1. The van der Waals surface area contributed by atoms with Gasteiger partial charge in [0, 0.05) is 44.8 Å². The Kier molecular flexibility index (Phi) is 4.51. The van der Waals surface area contributed by atoms with Crippen LogP contribution in [-0.4, -0.2) is 51.5 Å². The van der Waals surface area contributed by atoms with Crippen LogP contribution >= 0.6 is 0 Å². The van der Waals surface area contributed by atoms with E-state index < -0.39 is 0 Å². The molecule has 1 aromatic rings. The Morgan fingerprint density at radius 1 is 1.19 bits per heavy atom. The summed E-state index contributed by atoms with van der Waals surface area (Å²) < 4.78 is 22.4. The van der Waals surface area contributed by atoms with Gasteiger partial charge in [0.25, 0.3) is 0 Å². The summed E-state index contributed by atoms with van der Waals surface area (Å²) >= 11 is 0. The van der Waals surface area contributed by atoms with Crippen molar-refractivity contribution in [2.24, 2.45) is 0 Å². The number of ether oxygens (including phenoxy) is 4. The lowest BCUT2D eigenvalue weighted by Crippen LogP contribution is -2.22. The minimum atomic E-state index is 0.344. The molecule has 0 amide bonds. The van der Waals surface area contributed by atoms with Gasteiger partial charge in [0.05, 0.1) is 26.4 Å². The molecular formula is C16H23NO4. The zero-order valence-corrected chi connectivity index (χ0v) is 12.8. The molecule has 2 aliphatic heterocycles. The van der Waals surface area contributed by atoms with Crippen LogP contribution in [0.2, 0.25) is 0 Å². The van der Waals surface area contributed by atoms with E-state index in [2.05, 4.69) is 11.0 Å². The maximum Gasteiger partial charge on any atom is 0.164 e. The molecule has 1 atom stereocenters. The number of hydrogen-bond acceptors (Lipinski definition) is 5. The van der Waals surface area contributed by atoms with Gasteiger partial charge in [-0.15, -0.1) is 0 Å². The molecule has 0 spiro atoms. The summed E-state index contributed by atoms with van der Waals surface area (Å²) in [5.74, 6) is 2.47. The second-order valence-corrected chi connectivity index (χ2v) is 5.54. The molecule has 2 heterocycles. The molecule has 5 heteroatoms. The van der Waals surface area contributed by atoms with Gasteiger partial charge in [-0.25, -0.2) is 0 Å². The molecule has 0 saturated carbocycles. The smallest absolute Gasteiger partial charge is 0.164 e. The molecule has 1 fully saturated rings. The molecule has 1 saturated heterocycles. The van der Waals surface area contributed by atoms with Crippen LogP contribution in [0, 0.1) is 0 Å². The van der Waals surface area contributed by atoms with Crippen molar-refractivity contribution in [2.75, 3.05) is 40.5 Å². The summed E-state index contributed by atoms with van der Waals surface area (Å²) in [6.07, 6.45) is 2.34. The van der Waals surface area contributed by atoms with Gasteiger partial charge in [0.15, 0.2) is 11.5 Å². The van der Waals surface area contributed by atoms with E-state index in [-0.39, 0.29) is 0 Å². The molecule has 0 unspecified atom stereocenters. The van der Waals surface area contributed by atoms with Crippen molar-refractivity contribution in [3.8, 4) is 17.2 Å². The van der Waals surface area contributed by atoms with Crippen LogP contribution < -0.4 is 14.2 Å². The maximum absolute atomic E-state index is 5.77. The zero-order chi connectivity index (χ0) is 14.7. The fraction of sp³-hybridized carbons (Fsp3) is 0.625. The Hall–Kier alpha value is -1.46. The van der Waals surface area contributed by atoms with Gasteiger partial charge in [0.2, 0.25) is 0 Å². The molecule has 2 aliphatic rings. The number of fused-ring (bicyclic) bond motifs is 1. The zero-order valence-electron chi connectivity index (χ0n) is 12.8. The van der Waals surface area contributed by atoms with Gasteiger partial charge in [-0.05, 0) is 12.5 Å². The highest BCUT2D eigenvalue weighted by atomic mass is 16.5. The molecule has 1 aromatic carbocycles. The first-order valence-electron chi connectivity index (χ1n) is 7.52. The lowest BCUT2D eigenvalue weighted by atomic mass is 10.1. The highest BCUT2D eigenvalue weighted by Gasteiger charge is 2.24. The number of likely N-dealkylation sites (tertiary alicyclic amines) is 1. The van der Waals surface area contributed by atoms with E-state index in [0.29, 0.717) is 19.3 Å². The van der Waals surface area contributed by atoms with Gasteiger partial charge in [-0.2, -0.15) is 0 Å². The van der Waals surface area contributed by atoms with Crippen molar-refractivity contribution in [3.63, 3.8) is 0 Å². The first kappa shape index (κ1) is 14.5. The second kappa shape index (κ2) is 6.54. The van der Waals surface area contributed by atoms with E-state index in [9.17, 15) is 0 Å². The van der Waals surface area contributed by atoms with Crippen LogP contribution in [0.15, 0.2) is 12.1 Å². The molecule has 116 valence electrons. The third-order valence-electron chi connectivity index (χ3n) is 4.11. The summed E-state index contributed by atoms with van der Waals surface area (Å²) in [5.41, 5.74) is 1.14. The number of rotatable bonds is 4. The van der Waals surface area contributed by atoms with E-state index >= 15 is 0 Å². The Morgan fingerprint density at radius 2 is 1.95 bits per heavy atom. The lowest BCUT2D eigenvalue weighted by molar-refractivity contribution is 0.107. The quantitative estimate of drug-likeness (QED) is 0.850. The van der Waals surface area contributed by atoms with Gasteiger partial charge < -0.3 is 18.9 Å². The van der Waals surface area contributed by atoms with Gasteiger partial charge in [-0.3, -0.25) is 4.90 Å².